The Morgan fingerprint density at radius 3 is 2.88 bits per heavy atom. The van der Waals surface area contributed by atoms with Gasteiger partial charge in [0.25, 0.3) is 0 Å². The van der Waals surface area contributed by atoms with Gasteiger partial charge in [0.15, 0.2) is 0 Å². The van der Waals surface area contributed by atoms with Crippen molar-refractivity contribution < 1.29 is 4.39 Å². The summed E-state index contributed by atoms with van der Waals surface area (Å²) in [4.78, 5) is 10.1. The van der Waals surface area contributed by atoms with Crippen LogP contribution in [0, 0.1) is 12.7 Å². The van der Waals surface area contributed by atoms with Crippen molar-refractivity contribution >= 4 is 10.9 Å². The molecule has 2 aromatic heterocycles. The molecule has 0 saturated heterocycles. The van der Waals surface area contributed by atoms with Crippen LogP contribution in [0.15, 0.2) is 30.6 Å². The molecule has 0 amide bonds. The van der Waals surface area contributed by atoms with Gasteiger partial charge in [-0.3, -0.25) is 0 Å². The largest absolute Gasteiger partial charge is 0.361 e. The second-order valence-corrected chi connectivity index (χ2v) is 3.75. The molecule has 0 aliphatic carbocycles. The second-order valence-electron chi connectivity index (χ2n) is 3.75. The molecule has 0 bridgehead atoms. The van der Waals surface area contributed by atoms with Crippen molar-refractivity contribution in [2.75, 3.05) is 0 Å². The lowest BCUT2D eigenvalue weighted by Crippen LogP contribution is -1.85. The van der Waals surface area contributed by atoms with Crippen LogP contribution in [0.25, 0.3) is 22.2 Å². The van der Waals surface area contributed by atoms with Gasteiger partial charge in [0.05, 0.1) is 11.9 Å². The topological polar surface area (TPSA) is 44.5 Å². The summed E-state index contributed by atoms with van der Waals surface area (Å²) in [5, 5.41) is 0.602. The van der Waals surface area contributed by atoms with Gasteiger partial charge in [0, 0.05) is 22.7 Å². The van der Waals surface area contributed by atoms with Gasteiger partial charge < -0.3 is 9.97 Å². The van der Waals surface area contributed by atoms with E-state index in [1.54, 1.807) is 24.5 Å². The maximum Gasteiger partial charge on any atom is 0.141 e. The van der Waals surface area contributed by atoms with Gasteiger partial charge in [-0.05, 0) is 25.1 Å². The molecule has 0 atom stereocenters. The minimum atomic E-state index is -0.220. The fraction of sp³-hybridized carbons (Fsp3) is 0.0833. The normalized spacial score (nSPS) is 11.1. The highest BCUT2D eigenvalue weighted by Crippen LogP contribution is 2.27. The highest BCUT2D eigenvalue weighted by Gasteiger charge is 2.11. The van der Waals surface area contributed by atoms with E-state index in [1.807, 2.05) is 13.0 Å². The molecule has 3 nitrogen and oxygen atoms in total. The van der Waals surface area contributed by atoms with Crippen molar-refractivity contribution in [2.45, 2.75) is 6.92 Å². The summed E-state index contributed by atoms with van der Waals surface area (Å²) in [5.41, 5.74) is 2.06. The number of aryl methyl sites for hydroxylation is 1. The number of aromatic amines is 2. The third-order valence-electron chi connectivity index (χ3n) is 2.66. The van der Waals surface area contributed by atoms with E-state index < -0.39 is 0 Å². The third-order valence-corrected chi connectivity index (χ3v) is 2.66. The number of hydrogen-bond acceptors (Lipinski definition) is 1. The van der Waals surface area contributed by atoms with Crippen molar-refractivity contribution in [3.63, 3.8) is 0 Å². The standard InChI is InChI=1S/C12H10FN3/c1-7-15-6-11(16-7)8-2-3-10-9(12(8)13)4-5-14-10/h2-6,14H,1H3,(H,15,16). The van der Waals surface area contributed by atoms with Crippen molar-refractivity contribution in [3.8, 4) is 11.3 Å². The predicted molar refractivity (Wildman–Crippen MR) is 60.6 cm³/mol. The maximum absolute atomic E-state index is 14.1. The molecule has 0 radical (unpaired) electrons. The molecule has 2 N–H and O–H groups in total. The summed E-state index contributed by atoms with van der Waals surface area (Å²) in [6.45, 7) is 1.84. The van der Waals surface area contributed by atoms with Gasteiger partial charge in [-0.2, -0.15) is 0 Å². The van der Waals surface area contributed by atoms with Crippen molar-refractivity contribution in [1.82, 2.24) is 15.0 Å². The van der Waals surface area contributed by atoms with Crippen LogP contribution < -0.4 is 0 Å². The highest BCUT2D eigenvalue weighted by atomic mass is 19.1. The van der Waals surface area contributed by atoms with E-state index in [9.17, 15) is 4.39 Å². The van der Waals surface area contributed by atoms with Crippen LogP contribution in [0.5, 0.6) is 0 Å². The molecule has 3 aromatic rings. The third kappa shape index (κ3) is 1.23. The van der Waals surface area contributed by atoms with Crippen LogP contribution in [0.3, 0.4) is 0 Å². The predicted octanol–water partition coefficient (Wildman–Crippen LogP) is 3.01. The Labute approximate surface area is 91.3 Å². The number of fused-ring (bicyclic) bond motifs is 1. The lowest BCUT2D eigenvalue weighted by atomic mass is 10.1. The zero-order valence-electron chi connectivity index (χ0n) is 8.71. The van der Waals surface area contributed by atoms with Crippen LogP contribution >= 0.6 is 0 Å². The summed E-state index contributed by atoms with van der Waals surface area (Å²) in [6.07, 6.45) is 3.38. The Morgan fingerprint density at radius 2 is 2.12 bits per heavy atom. The van der Waals surface area contributed by atoms with E-state index in [1.165, 1.54) is 0 Å². The lowest BCUT2D eigenvalue weighted by Gasteiger charge is -2.01. The minimum absolute atomic E-state index is 0.220. The van der Waals surface area contributed by atoms with Crippen LogP contribution in [-0.4, -0.2) is 15.0 Å². The summed E-state index contributed by atoms with van der Waals surface area (Å²) < 4.78 is 14.1. The second kappa shape index (κ2) is 3.20. The molecule has 3 rings (SSSR count). The van der Waals surface area contributed by atoms with Gasteiger partial charge >= 0.3 is 0 Å². The van der Waals surface area contributed by atoms with Crippen LogP contribution in [-0.2, 0) is 0 Å². The van der Waals surface area contributed by atoms with Gasteiger partial charge in [0.1, 0.15) is 11.6 Å². The maximum atomic E-state index is 14.1. The minimum Gasteiger partial charge on any atom is -0.361 e. The molecule has 1 aromatic carbocycles. The smallest absolute Gasteiger partial charge is 0.141 e. The number of benzene rings is 1. The van der Waals surface area contributed by atoms with E-state index in [2.05, 4.69) is 15.0 Å². The Morgan fingerprint density at radius 1 is 1.25 bits per heavy atom. The van der Waals surface area contributed by atoms with Crippen LogP contribution in [0.1, 0.15) is 5.82 Å². The molecule has 0 saturated carbocycles. The first kappa shape index (κ1) is 9.15. The molecule has 0 unspecified atom stereocenters. The van der Waals surface area contributed by atoms with E-state index in [4.69, 9.17) is 0 Å². The quantitative estimate of drug-likeness (QED) is 0.644. The number of aromatic nitrogens is 3. The average molecular weight is 215 g/mol. The SMILES string of the molecule is Cc1ncc(-c2ccc3[nH]ccc3c2F)[nH]1. The first-order valence-electron chi connectivity index (χ1n) is 5.03. The first-order valence-corrected chi connectivity index (χ1v) is 5.03. The number of H-pyrrole nitrogens is 2. The summed E-state index contributed by atoms with van der Waals surface area (Å²) in [7, 11) is 0. The van der Waals surface area contributed by atoms with Crippen molar-refractivity contribution in [1.29, 1.82) is 0 Å². The number of nitrogens with zero attached hydrogens (tertiary/aromatic N) is 1. The summed E-state index contributed by atoms with van der Waals surface area (Å²) >= 11 is 0. The molecule has 0 fully saturated rings. The van der Waals surface area contributed by atoms with E-state index in [0.717, 1.165) is 11.3 Å². The average Bonchev–Trinajstić information content (AvgIpc) is 2.87. The molecule has 2 heterocycles. The number of nitrogens with one attached hydrogen (secondary N) is 2. The van der Waals surface area contributed by atoms with Gasteiger partial charge in [-0.1, -0.05) is 0 Å². The number of rotatable bonds is 1. The molecule has 80 valence electrons. The Bertz CT molecular complexity index is 651. The fourth-order valence-electron chi connectivity index (χ4n) is 1.86. The number of imidazole rings is 1. The van der Waals surface area contributed by atoms with E-state index >= 15 is 0 Å². The molecular formula is C12H10FN3. The van der Waals surface area contributed by atoms with E-state index in [-0.39, 0.29) is 5.82 Å². The molecule has 0 spiro atoms. The summed E-state index contributed by atoms with van der Waals surface area (Å²) in [5.74, 6) is 0.561. The van der Waals surface area contributed by atoms with E-state index in [0.29, 0.717) is 16.6 Å². The Hall–Kier alpha value is -2.10. The fourth-order valence-corrected chi connectivity index (χ4v) is 1.86. The molecule has 0 aliphatic heterocycles. The number of halogens is 1. The molecule has 0 aliphatic rings. The monoisotopic (exact) mass is 215 g/mol. The van der Waals surface area contributed by atoms with Gasteiger partial charge in [-0.15, -0.1) is 0 Å². The van der Waals surface area contributed by atoms with Crippen LogP contribution in [0.2, 0.25) is 0 Å². The molecular weight excluding hydrogens is 205 g/mol. The zero-order chi connectivity index (χ0) is 11.1. The number of hydrogen-bond donors (Lipinski definition) is 2. The van der Waals surface area contributed by atoms with Crippen LogP contribution in [0.4, 0.5) is 4.39 Å². The van der Waals surface area contributed by atoms with Gasteiger partial charge in [-0.25, -0.2) is 9.37 Å². The summed E-state index contributed by atoms with van der Waals surface area (Å²) in [6, 6.07) is 5.35. The molecule has 4 heteroatoms. The highest BCUT2D eigenvalue weighted by molar-refractivity contribution is 5.85. The first-order chi connectivity index (χ1) is 7.75. The van der Waals surface area contributed by atoms with Crippen molar-refractivity contribution in [3.05, 3.63) is 42.2 Å². The Kier molecular flexibility index (Phi) is 1.83. The van der Waals surface area contributed by atoms with Crippen molar-refractivity contribution in [2.24, 2.45) is 0 Å². The Balaban J connectivity index is 2.27. The zero-order valence-corrected chi connectivity index (χ0v) is 8.71. The lowest BCUT2D eigenvalue weighted by molar-refractivity contribution is 0.643. The molecule has 16 heavy (non-hydrogen) atoms. The van der Waals surface area contributed by atoms with Gasteiger partial charge in [0.2, 0.25) is 0 Å².